The van der Waals surface area contributed by atoms with Crippen LogP contribution >= 0.6 is 11.3 Å². The number of nitrogens with one attached hydrogen (secondary N) is 1. The topological polar surface area (TPSA) is 117 Å². The third-order valence-corrected chi connectivity index (χ3v) is 5.62. The molecule has 1 amide bonds. The van der Waals surface area contributed by atoms with Crippen molar-refractivity contribution in [1.29, 1.82) is 0 Å². The van der Waals surface area contributed by atoms with Gasteiger partial charge in [0, 0.05) is 5.39 Å². The van der Waals surface area contributed by atoms with Crippen LogP contribution in [0, 0.1) is 0 Å². The molecule has 156 valence electrons. The zero-order chi connectivity index (χ0) is 21.8. The monoisotopic (exact) mass is 432 g/mol. The summed E-state index contributed by atoms with van der Waals surface area (Å²) in [4.78, 5) is 25.9. The third kappa shape index (κ3) is 3.12. The molecule has 31 heavy (non-hydrogen) atoms. The van der Waals surface area contributed by atoms with E-state index in [1.54, 1.807) is 11.7 Å². The molecule has 0 fully saturated rings. The number of para-hydroxylation sites is 1. The van der Waals surface area contributed by atoms with Crippen LogP contribution in [0.2, 0.25) is 0 Å². The first-order chi connectivity index (χ1) is 14.8. The predicted octanol–water partition coefficient (Wildman–Crippen LogP) is 3.82. The van der Waals surface area contributed by atoms with Crippen molar-refractivity contribution in [1.82, 2.24) is 29.3 Å². The van der Waals surface area contributed by atoms with E-state index in [2.05, 4.69) is 20.3 Å². The number of aromatic nitrogens is 6. The lowest BCUT2D eigenvalue weighted by atomic mass is 10.1. The fourth-order valence-electron chi connectivity index (χ4n) is 3.58. The molecule has 5 rings (SSSR count). The van der Waals surface area contributed by atoms with E-state index in [1.165, 1.54) is 17.7 Å². The summed E-state index contributed by atoms with van der Waals surface area (Å²) in [5.41, 5.74) is 9.46. The zero-order valence-corrected chi connectivity index (χ0v) is 18.0. The normalized spacial score (nSPS) is 12.0. The fourth-order valence-corrected chi connectivity index (χ4v) is 4.09. The Morgan fingerprint density at radius 1 is 1.19 bits per heavy atom. The third-order valence-electron chi connectivity index (χ3n) is 4.94. The van der Waals surface area contributed by atoms with Gasteiger partial charge in [0.1, 0.15) is 28.2 Å². The van der Waals surface area contributed by atoms with Crippen LogP contribution in [0.5, 0.6) is 0 Å². The molecule has 0 radical (unpaired) electrons. The number of anilines is 2. The second-order valence-corrected chi connectivity index (χ2v) is 8.99. The average Bonchev–Trinajstić information content (AvgIpc) is 3.44. The van der Waals surface area contributed by atoms with Crippen LogP contribution in [-0.2, 0) is 5.54 Å². The Balaban J connectivity index is 1.81. The molecule has 0 saturated carbocycles. The van der Waals surface area contributed by atoms with Gasteiger partial charge in [-0.1, -0.05) is 18.2 Å². The van der Waals surface area contributed by atoms with Crippen molar-refractivity contribution < 1.29 is 4.79 Å². The number of nitrogens with zero attached hydrogens (tertiary/aromatic N) is 6. The van der Waals surface area contributed by atoms with Gasteiger partial charge in [-0.25, -0.2) is 14.6 Å². The van der Waals surface area contributed by atoms with Gasteiger partial charge in [0.05, 0.1) is 22.8 Å². The number of rotatable bonds is 3. The van der Waals surface area contributed by atoms with Gasteiger partial charge < -0.3 is 11.1 Å². The van der Waals surface area contributed by atoms with Gasteiger partial charge in [0.25, 0.3) is 5.91 Å². The molecule has 0 unspecified atom stereocenters. The Morgan fingerprint density at radius 2 is 2.00 bits per heavy atom. The highest BCUT2D eigenvalue weighted by atomic mass is 32.1. The van der Waals surface area contributed by atoms with Gasteiger partial charge in [0.2, 0.25) is 0 Å². The van der Waals surface area contributed by atoms with Gasteiger partial charge in [-0.15, -0.1) is 11.3 Å². The lowest BCUT2D eigenvalue weighted by Gasteiger charge is -2.19. The predicted molar refractivity (Wildman–Crippen MR) is 122 cm³/mol. The molecule has 0 bridgehead atoms. The first-order valence-electron chi connectivity index (χ1n) is 9.65. The SMILES string of the molecule is CC(C)(C)n1nc(-n2c(C(=O)Nc3cncs3)cc3ccccc32)c2c(N)ncnc21. The molecule has 9 nitrogen and oxygen atoms in total. The summed E-state index contributed by atoms with van der Waals surface area (Å²) in [7, 11) is 0. The summed E-state index contributed by atoms with van der Waals surface area (Å²) in [5, 5.41) is 9.94. The first-order valence-corrected chi connectivity index (χ1v) is 10.5. The molecule has 0 aliphatic carbocycles. The quantitative estimate of drug-likeness (QED) is 0.448. The second-order valence-electron chi connectivity index (χ2n) is 8.11. The molecular formula is C21H20N8OS. The van der Waals surface area contributed by atoms with E-state index >= 15 is 0 Å². The molecule has 10 heteroatoms. The minimum atomic E-state index is -0.356. The summed E-state index contributed by atoms with van der Waals surface area (Å²) in [6, 6.07) is 9.60. The standard InChI is InChI=1S/C21H20N8OS/c1-21(2,3)29-18-16(17(22)24-10-25-18)19(27-29)28-13-7-5-4-6-12(13)8-14(28)20(30)26-15-9-23-11-31-15/h4-11H,1-3H3,(H,26,30)(H2,22,24,25). The van der Waals surface area contributed by atoms with E-state index in [9.17, 15) is 4.79 Å². The highest BCUT2D eigenvalue weighted by Crippen LogP contribution is 2.33. The van der Waals surface area contributed by atoms with Crippen LogP contribution in [0.4, 0.5) is 10.8 Å². The number of thiazole rings is 1. The first kappa shape index (κ1) is 19.2. The van der Waals surface area contributed by atoms with Crippen molar-refractivity contribution in [3.8, 4) is 5.82 Å². The Bertz CT molecular complexity index is 1430. The van der Waals surface area contributed by atoms with Crippen molar-refractivity contribution in [3.63, 3.8) is 0 Å². The van der Waals surface area contributed by atoms with Gasteiger partial charge in [-0.2, -0.15) is 5.10 Å². The van der Waals surface area contributed by atoms with Gasteiger partial charge >= 0.3 is 0 Å². The van der Waals surface area contributed by atoms with Crippen LogP contribution < -0.4 is 11.1 Å². The molecule has 4 aromatic heterocycles. The van der Waals surface area contributed by atoms with Gasteiger partial charge in [0.15, 0.2) is 11.5 Å². The Labute approximate surface area is 181 Å². The molecule has 1 aromatic carbocycles. The smallest absolute Gasteiger partial charge is 0.273 e. The Morgan fingerprint density at radius 3 is 2.74 bits per heavy atom. The molecule has 3 N–H and O–H groups in total. The van der Waals surface area contributed by atoms with E-state index in [4.69, 9.17) is 10.8 Å². The van der Waals surface area contributed by atoms with E-state index in [1.807, 2.05) is 60.4 Å². The number of hydrogen-bond acceptors (Lipinski definition) is 7. The number of nitrogens with two attached hydrogens (primary N) is 1. The minimum absolute atomic E-state index is 0.269. The van der Waals surface area contributed by atoms with Crippen LogP contribution in [-0.4, -0.2) is 35.2 Å². The lowest BCUT2D eigenvalue weighted by molar-refractivity contribution is 0.102. The van der Waals surface area contributed by atoms with E-state index in [0.29, 0.717) is 33.4 Å². The number of nitrogen functional groups attached to an aromatic ring is 1. The van der Waals surface area contributed by atoms with E-state index in [0.717, 1.165) is 10.9 Å². The van der Waals surface area contributed by atoms with Crippen LogP contribution in [0.25, 0.3) is 27.8 Å². The summed E-state index contributed by atoms with van der Waals surface area (Å²) in [5.74, 6) is 0.551. The van der Waals surface area contributed by atoms with Crippen LogP contribution in [0.3, 0.4) is 0 Å². The number of carbonyl (C=O) groups excluding carboxylic acids is 1. The summed E-state index contributed by atoms with van der Waals surface area (Å²) < 4.78 is 3.63. The highest BCUT2D eigenvalue weighted by Gasteiger charge is 2.27. The molecule has 0 spiro atoms. The summed E-state index contributed by atoms with van der Waals surface area (Å²) >= 11 is 1.35. The van der Waals surface area contributed by atoms with Gasteiger partial charge in [-0.05, 0) is 32.9 Å². The maximum Gasteiger partial charge on any atom is 0.273 e. The summed E-state index contributed by atoms with van der Waals surface area (Å²) in [6.45, 7) is 6.10. The summed E-state index contributed by atoms with van der Waals surface area (Å²) in [6.07, 6.45) is 3.04. The van der Waals surface area contributed by atoms with Crippen molar-refractivity contribution >= 4 is 50.0 Å². The molecule has 0 saturated heterocycles. The van der Waals surface area contributed by atoms with Crippen molar-refractivity contribution in [2.75, 3.05) is 11.1 Å². The molecule has 0 aliphatic heterocycles. The zero-order valence-electron chi connectivity index (χ0n) is 17.2. The van der Waals surface area contributed by atoms with Gasteiger partial charge in [-0.3, -0.25) is 14.3 Å². The van der Waals surface area contributed by atoms with E-state index in [-0.39, 0.29) is 11.4 Å². The average molecular weight is 433 g/mol. The van der Waals surface area contributed by atoms with E-state index < -0.39 is 0 Å². The van der Waals surface area contributed by atoms with Crippen LogP contribution in [0.1, 0.15) is 31.3 Å². The minimum Gasteiger partial charge on any atom is -0.383 e. The largest absolute Gasteiger partial charge is 0.383 e. The number of amides is 1. The van der Waals surface area contributed by atoms with Crippen molar-refractivity contribution in [3.05, 3.63) is 54.1 Å². The molecular weight excluding hydrogens is 412 g/mol. The molecule has 0 atom stereocenters. The molecule has 4 heterocycles. The highest BCUT2D eigenvalue weighted by molar-refractivity contribution is 7.14. The number of benzene rings is 1. The Hall–Kier alpha value is -3.79. The maximum absolute atomic E-state index is 13.3. The van der Waals surface area contributed by atoms with Crippen LogP contribution in [0.15, 0.2) is 48.4 Å². The maximum atomic E-state index is 13.3. The lowest BCUT2D eigenvalue weighted by Crippen LogP contribution is -2.24. The van der Waals surface area contributed by atoms with Crippen molar-refractivity contribution in [2.24, 2.45) is 0 Å². The number of fused-ring (bicyclic) bond motifs is 2. The van der Waals surface area contributed by atoms with Crippen molar-refractivity contribution in [2.45, 2.75) is 26.3 Å². The molecule has 0 aliphatic rings. The Kier molecular flexibility index (Phi) is 4.26. The molecule has 5 aromatic rings. The number of carbonyl (C=O) groups is 1. The fraction of sp³-hybridized carbons (Fsp3) is 0.190. The second kappa shape index (κ2) is 6.88. The number of hydrogen-bond donors (Lipinski definition) is 2.